The van der Waals surface area contributed by atoms with Crippen LogP contribution in [0.2, 0.25) is 0 Å². The van der Waals surface area contributed by atoms with Gasteiger partial charge in [-0.1, -0.05) is 0 Å². The van der Waals surface area contributed by atoms with Crippen LogP contribution in [0.25, 0.3) is 0 Å². The maximum Gasteiger partial charge on any atom is 0.323 e. The Hall–Kier alpha value is -0.610. The van der Waals surface area contributed by atoms with E-state index in [0.29, 0.717) is 6.61 Å². The molecule has 0 spiro atoms. The first-order chi connectivity index (χ1) is 7.72. The molecular weight excluding hydrogens is 204 g/mol. The fourth-order valence-electron chi connectivity index (χ4n) is 2.34. The lowest BCUT2D eigenvalue weighted by molar-refractivity contribution is -0.149. The highest BCUT2D eigenvalue weighted by atomic mass is 16.5. The first-order valence-corrected chi connectivity index (χ1v) is 6.37. The second-order valence-corrected chi connectivity index (χ2v) is 4.73. The summed E-state index contributed by atoms with van der Waals surface area (Å²) in [4.78, 5) is 16.4. The third-order valence-corrected chi connectivity index (χ3v) is 3.59. The molecule has 1 atom stereocenters. The van der Waals surface area contributed by atoms with Gasteiger partial charge in [-0.05, 0) is 26.7 Å². The van der Waals surface area contributed by atoms with Crippen LogP contribution in [0, 0.1) is 0 Å². The lowest BCUT2D eigenvalue weighted by Gasteiger charge is -2.37. The van der Waals surface area contributed by atoms with Crippen molar-refractivity contribution in [3.63, 3.8) is 0 Å². The zero-order chi connectivity index (χ0) is 11.5. The fraction of sp³-hybridized carbons (Fsp3) is 0.917. The number of carbonyl (C=O) groups is 1. The monoisotopic (exact) mass is 226 g/mol. The third kappa shape index (κ3) is 2.74. The summed E-state index contributed by atoms with van der Waals surface area (Å²) in [6.45, 7) is 8.49. The van der Waals surface area contributed by atoms with Crippen LogP contribution in [-0.4, -0.2) is 60.6 Å². The van der Waals surface area contributed by atoms with Gasteiger partial charge in [-0.2, -0.15) is 0 Å². The molecule has 2 fully saturated rings. The first kappa shape index (κ1) is 11.9. The zero-order valence-electron chi connectivity index (χ0n) is 10.3. The molecule has 0 bridgehead atoms. The second-order valence-electron chi connectivity index (χ2n) is 4.73. The van der Waals surface area contributed by atoms with Crippen LogP contribution < -0.4 is 0 Å². The molecule has 1 aliphatic heterocycles. The number of rotatable bonds is 4. The lowest BCUT2D eigenvalue weighted by atomic mass is 10.2. The average molecular weight is 226 g/mol. The number of piperazine rings is 1. The molecule has 1 saturated heterocycles. The van der Waals surface area contributed by atoms with E-state index in [1.54, 1.807) is 0 Å². The minimum atomic E-state index is -0.0821. The van der Waals surface area contributed by atoms with Crippen molar-refractivity contribution in [1.29, 1.82) is 0 Å². The van der Waals surface area contributed by atoms with Gasteiger partial charge in [0, 0.05) is 32.2 Å². The molecule has 1 aliphatic carbocycles. The summed E-state index contributed by atoms with van der Waals surface area (Å²) in [5.74, 6) is -0.0811. The lowest BCUT2D eigenvalue weighted by Crippen LogP contribution is -2.52. The predicted molar refractivity (Wildman–Crippen MR) is 62.3 cm³/mol. The van der Waals surface area contributed by atoms with Crippen LogP contribution >= 0.6 is 0 Å². The average Bonchev–Trinajstić information content (AvgIpc) is 3.12. The summed E-state index contributed by atoms with van der Waals surface area (Å²) in [6, 6.07) is 0.765. The molecule has 16 heavy (non-hydrogen) atoms. The number of nitrogens with zero attached hydrogens (tertiary/aromatic N) is 2. The Balaban J connectivity index is 1.76. The van der Waals surface area contributed by atoms with Crippen molar-refractivity contribution >= 4 is 5.97 Å². The van der Waals surface area contributed by atoms with Crippen LogP contribution in [0.3, 0.4) is 0 Å². The minimum absolute atomic E-state index is 0.0811. The molecule has 2 aliphatic rings. The highest BCUT2D eigenvalue weighted by molar-refractivity contribution is 5.75. The summed E-state index contributed by atoms with van der Waals surface area (Å²) in [7, 11) is 0. The van der Waals surface area contributed by atoms with Crippen LogP contribution in [0.5, 0.6) is 0 Å². The number of carbonyl (C=O) groups excluding carboxylic acids is 1. The standard InChI is InChI=1S/C12H22N2O2/c1-3-16-12(15)10(2)13-6-8-14(9-7-13)11-4-5-11/h10-11H,3-9H2,1-2H3. The Labute approximate surface area is 97.5 Å². The van der Waals surface area contributed by atoms with Crippen LogP contribution in [0.4, 0.5) is 0 Å². The van der Waals surface area contributed by atoms with Gasteiger partial charge in [-0.25, -0.2) is 0 Å². The molecule has 1 unspecified atom stereocenters. The summed E-state index contributed by atoms with van der Waals surface area (Å²) in [6.07, 6.45) is 2.74. The predicted octanol–water partition coefficient (Wildman–Crippen LogP) is 0.718. The van der Waals surface area contributed by atoms with Gasteiger partial charge in [0.2, 0.25) is 0 Å². The van der Waals surface area contributed by atoms with E-state index in [2.05, 4.69) is 9.80 Å². The normalized spacial score (nSPS) is 25.4. The molecule has 2 rings (SSSR count). The Morgan fingerprint density at radius 1 is 1.31 bits per heavy atom. The quantitative estimate of drug-likeness (QED) is 0.661. The van der Waals surface area contributed by atoms with Gasteiger partial charge in [-0.15, -0.1) is 0 Å². The number of hydrogen-bond acceptors (Lipinski definition) is 4. The molecule has 0 aromatic rings. The first-order valence-electron chi connectivity index (χ1n) is 6.37. The Kier molecular flexibility index (Phi) is 3.82. The third-order valence-electron chi connectivity index (χ3n) is 3.59. The van der Waals surface area contributed by atoms with E-state index in [0.717, 1.165) is 32.2 Å². The van der Waals surface area contributed by atoms with E-state index in [-0.39, 0.29) is 12.0 Å². The number of esters is 1. The molecule has 1 heterocycles. The number of hydrogen-bond donors (Lipinski definition) is 0. The summed E-state index contributed by atoms with van der Waals surface area (Å²) < 4.78 is 5.05. The van der Waals surface area contributed by atoms with Gasteiger partial charge in [0.25, 0.3) is 0 Å². The van der Waals surface area contributed by atoms with Crippen molar-refractivity contribution in [3.05, 3.63) is 0 Å². The van der Waals surface area contributed by atoms with E-state index < -0.39 is 0 Å². The van der Waals surface area contributed by atoms with Crippen LogP contribution in [0.15, 0.2) is 0 Å². The SMILES string of the molecule is CCOC(=O)C(C)N1CCN(C2CC2)CC1. The minimum Gasteiger partial charge on any atom is -0.465 e. The van der Waals surface area contributed by atoms with E-state index in [1.807, 2.05) is 13.8 Å². The largest absolute Gasteiger partial charge is 0.465 e. The molecule has 4 nitrogen and oxygen atoms in total. The van der Waals surface area contributed by atoms with E-state index in [4.69, 9.17) is 4.74 Å². The molecule has 0 radical (unpaired) electrons. The van der Waals surface area contributed by atoms with Gasteiger partial charge >= 0.3 is 5.97 Å². The summed E-state index contributed by atoms with van der Waals surface area (Å²) >= 11 is 0. The molecule has 0 aromatic heterocycles. The van der Waals surface area contributed by atoms with Crippen LogP contribution in [-0.2, 0) is 9.53 Å². The van der Waals surface area contributed by atoms with Gasteiger partial charge in [0.1, 0.15) is 6.04 Å². The second kappa shape index (κ2) is 5.15. The smallest absolute Gasteiger partial charge is 0.323 e. The van der Waals surface area contributed by atoms with Gasteiger partial charge < -0.3 is 4.74 Å². The van der Waals surface area contributed by atoms with Crippen molar-refractivity contribution in [3.8, 4) is 0 Å². The summed E-state index contributed by atoms with van der Waals surface area (Å²) in [5.41, 5.74) is 0. The van der Waals surface area contributed by atoms with E-state index in [1.165, 1.54) is 12.8 Å². The number of ether oxygens (including phenoxy) is 1. The van der Waals surface area contributed by atoms with E-state index in [9.17, 15) is 4.79 Å². The van der Waals surface area contributed by atoms with Crippen LogP contribution in [0.1, 0.15) is 26.7 Å². The highest BCUT2D eigenvalue weighted by Crippen LogP contribution is 2.27. The molecule has 0 N–H and O–H groups in total. The Morgan fingerprint density at radius 3 is 2.44 bits per heavy atom. The van der Waals surface area contributed by atoms with Crippen molar-refractivity contribution < 1.29 is 9.53 Å². The molecular formula is C12H22N2O2. The van der Waals surface area contributed by atoms with E-state index >= 15 is 0 Å². The molecule has 0 aromatic carbocycles. The molecule has 4 heteroatoms. The molecule has 0 amide bonds. The fourth-order valence-corrected chi connectivity index (χ4v) is 2.34. The van der Waals surface area contributed by atoms with Gasteiger partial charge in [0.15, 0.2) is 0 Å². The van der Waals surface area contributed by atoms with Crippen molar-refractivity contribution in [1.82, 2.24) is 9.80 Å². The Bertz CT molecular complexity index is 245. The maximum atomic E-state index is 11.6. The van der Waals surface area contributed by atoms with Crippen molar-refractivity contribution in [2.45, 2.75) is 38.8 Å². The Morgan fingerprint density at radius 2 is 1.94 bits per heavy atom. The van der Waals surface area contributed by atoms with Gasteiger partial charge in [0.05, 0.1) is 6.61 Å². The topological polar surface area (TPSA) is 32.8 Å². The maximum absolute atomic E-state index is 11.6. The van der Waals surface area contributed by atoms with Crippen molar-refractivity contribution in [2.75, 3.05) is 32.8 Å². The zero-order valence-corrected chi connectivity index (χ0v) is 10.3. The highest BCUT2D eigenvalue weighted by Gasteiger charge is 2.33. The molecule has 92 valence electrons. The van der Waals surface area contributed by atoms with Gasteiger partial charge in [-0.3, -0.25) is 14.6 Å². The van der Waals surface area contributed by atoms with Crippen molar-refractivity contribution in [2.24, 2.45) is 0 Å². The molecule has 1 saturated carbocycles. The summed E-state index contributed by atoms with van der Waals surface area (Å²) in [5, 5.41) is 0.